The topological polar surface area (TPSA) is 98.9 Å². The minimum Gasteiger partial charge on any atom is -0.493 e. The fourth-order valence-electron chi connectivity index (χ4n) is 3.35. The highest BCUT2D eigenvalue weighted by molar-refractivity contribution is 7.89. The number of aryl methyl sites for hydroxylation is 1. The Kier molecular flexibility index (Phi) is 5.90. The van der Waals surface area contributed by atoms with Crippen molar-refractivity contribution in [1.82, 2.24) is 4.90 Å². The molecule has 8 heteroatoms. The standard InChI is InChI=1S/C20H24N2O5S/c1-26-18-11-15-9-10-22(13-16(15)12-19(18)27-2)20(23)8-5-14-3-6-17(7-4-14)28(21,24)25/h3-4,6-7,11-12H,5,8-10,13H2,1-2H3,(H2,21,24,25). The Morgan fingerprint density at radius 2 is 1.68 bits per heavy atom. The molecular formula is C20H24N2O5S. The first-order chi connectivity index (χ1) is 13.3. The molecule has 0 saturated carbocycles. The van der Waals surface area contributed by atoms with E-state index in [9.17, 15) is 13.2 Å². The highest BCUT2D eigenvalue weighted by atomic mass is 32.2. The summed E-state index contributed by atoms with van der Waals surface area (Å²) in [6.07, 6.45) is 1.67. The number of benzene rings is 2. The molecular weight excluding hydrogens is 380 g/mol. The van der Waals surface area contributed by atoms with E-state index in [-0.39, 0.29) is 10.8 Å². The van der Waals surface area contributed by atoms with E-state index in [0.29, 0.717) is 37.4 Å². The number of carbonyl (C=O) groups is 1. The van der Waals surface area contributed by atoms with Gasteiger partial charge in [0.2, 0.25) is 15.9 Å². The lowest BCUT2D eigenvalue weighted by Gasteiger charge is -2.29. The van der Waals surface area contributed by atoms with Gasteiger partial charge >= 0.3 is 0 Å². The summed E-state index contributed by atoms with van der Waals surface area (Å²) in [5.74, 6) is 1.42. The van der Waals surface area contributed by atoms with Crippen molar-refractivity contribution in [1.29, 1.82) is 0 Å². The van der Waals surface area contributed by atoms with Gasteiger partial charge in [-0.2, -0.15) is 0 Å². The van der Waals surface area contributed by atoms with Crippen LogP contribution in [0.5, 0.6) is 11.5 Å². The second kappa shape index (κ2) is 8.20. The third-order valence-electron chi connectivity index (χ3n) is 4.95. The highest BCUT2D eigenvalue weighted by Crippen LogP contribution is 2.33. The van der Waals surface area contributed by atoms with Crippen LogP contribution in [0.4, 0.5) is 0 Å². The van der Waals surface area contributed by atoms with E-state index < -0.39 is 10.0 Å². The SMILES string of the molecule is COc1cc2c(cc1OC)CN(C(=O)CCc1ccc(S(N)(=O)=O)cc1)CC2. The summed E-state index contributed by atoms with van der Waals surface area (Å²) < 4.78 is 33.3. The number of ether oxygens (including phenoxy) is 2. The molecule has 0 aromatic heterocycles. The molecule has 3 rings (SSSR count). The number of rotatable bonds is 6. The first kappa shape index (κ1) is 20.2. The first-order valence-corrected chi connectivity index (χ1v) is 10.5. The molecule has 0 bridgehead atoms. The lowest BCUT2D eigenvalue weighted by molar-refractivity contribution is -0.132. The van der Waals surface area contributed by atoms with E-state index in [1.54, 1.807) is 26.4 Å². The summed E-state index contributed by atoms with van der Waals surface area (Å²) in [7, 11) is -0.498. The van der Waals surface area contributed by atoms with Gasteiger partial charge in [0, 0.05) is 19.5 Å². The molecule has 150 valence electrons. The maximum atomic E-state index is 12.6. The van der Waals surface area contributed by atoms with Crippen LogP contribution in [0, 0.1) is 0 Å². The van der Waals surface area contributed by atoms with E-state index in [0.717, 1.165) is 17.5 Å². The minimum atomic E-state index is -3.70. The van der Waals surface area contributed by atoms with E-state index in [1.165, 1.54) is 17.7 Å². The van der Waals surface area contributed by atoms with Crippen LogP contribution < -0.4 is 14.6 Å². The minimum absolute atomic E-state index is 0.0657. The lowest BCUT2D eigenvalue weighted by atomic mass is 9.98. The lowest BCUT2D eigenvalue weighted by Crippen LogP contribution is -2.36. The molecule has 2 N–H and O–H groups in total. The zero-order valence-corrected chi connectivity index (χ0v) is 16.8. The van der Waals surface area contributed by atoms with Gasteiger partial charge in [-0.25, -0.2) is 13.6 Å². The van der Waals surface area contributed by atoms with Crippen LogP contribution in [0.15, 0.2) is 41.3 Å². The summed E-state index contributed by atoms with van der Waals surface area (Å²) in [6.45, 7) is 1.20. The molecule has 0 saturated heterocycles. The molecule has 0 fully saturated rings. The van der Waals surface area contributed by atoms with Crippen LogP contribution in [0.3, 0.4) is 0 Å². The van der Waals surface area contributed by atoms with Crippen molar-refractivity contribution in [2.45, 2.75) is 30.7 Å². The highest BCUT2D eigenvalue weighted by Gasteiger charge is 2.22. The average molecular weight is 404 g/mol. The number of nitrogens with zero attached hydrogens (tertiary/aromatic N) is 1. The van der Waals surface area contributed by atoms with Crippen LogP contribution in [-0.4, -0.2) is 40.0 Å². The van der Waals surface area contributed by atoms with Gasteiger partial charge < -0.3 is 14.4 Å². The van der Waals surface area contributed by atoms with Gasteiger partial charge in [0.15, 0.2) is 11.5 Å². The molecule has 2 aromatic rings. The van der Waals surface area contributed by atoms with Gasteiger partial charge in [-0.1, -0.05) is 12.1 Å². The van der Waals surface area contributed by atoms with Gasteiger partial charge in [0.05, 0.1) is 19.1 Å². The van der Waals surface area contributed by atoms with Crippen molar-refractivity contribution in [2.24, 2.45) is 5.14 Å². The first-order valence-electron chi connectivity index (χ1n) is 8.95. The maximum Gasteiger partial charge on any atom is 0.238 e. The van der Waals surface area contributed by atoms with Gasteiger partial charge in [-0.15, -0.1) is 0 Å². The summed E-state index contributed by atoms with van der Waals surface area (Å²) in [4.78, 5) is 14.5. The van der Waals surface area contributed by atoms with Gasteiger partial charge in [-0.05, 0) is 53.8 Å². The summed E-state index contributed by atoms with van der Waals surface area (Å²) in [5.41, 5.74) is 3.12. The third-order valence-corrected chi connectivity index (χ3v) is 5.88. The Hall–Kier alpha value is -2.58. The largest absolute Gasteiger partial charge is 0.493 e. The second-order valence-corrected chi connectivity index (χ2v) is 8.29. The van der Waals surface area contributed by atoms with E-state index in [2.05, 4.69) is 0 Å². The number of methoxy groups -OCH3 is 2. The predicted octanol–water partition coefficient (Wildman–Crippen LogP) is 1.87. The average Bonchev–Trinajstić information content (AvgIpc) is 2.70. The fourth-order valence-corrected chi connectivity index (χ4v) is 3.87. The van der Waals surface area contributed by atoms with Crippen molar-refractivity contribution >= 4 is 15.9 Å². The summed E-state index contributed by atoms with van der Waals surface area (Å²) >= 11 is 0. The van der Waals surface area contributed by atoms with Crippen molar-refractivity contribution in [2.75, 3.05) is 20.8 Å². The van der Waals surface area contributed by atoms with Gasteiger partial charge in [0.1, 0.15) is 0 Å². The molecule has 0 atom stereocenters. The monoisotopic (exact) mass is 404 g/mol. The zero-order chi connectivity index (χ0) is 20.3. The Morgan fingerprint density at radius 1 is 1.07 bits per heavy atom. The quantitative estimate of drug-likeness (QED) is 0.792. The molecule has 0 spiro atoms. The molecule has 28 heavy (non-hydrogen) atoms. The van der Waals surface area contributed by atoms with Gasteiger partial charge in [0.25, 0.3) is 0 Å². The molecule has 1 aliphatic rings. The number of hydrogen-bond acceptors (Lipinski definition) is 5. The third kappa shape index (κ3) is 4.45. The van der Waals surface area contributed by atoms with Crippen molar-refractivity contribution < 1.29 is 22.7 Å². The number of hydrogen-bond donors (Lipinski definition) is 1. The number of carbonyl (C=O) groups excluding carboxylic acids is 1. The van der Waals surface area contributed by atoms with Crippen molar-refractivity contribution in [3.05, 3.63) is 53.1 Å². The van der Waals surface area contributed by atoms with Crippen LogP contribution in [0.25, 0.3) is 0 Å². The number of amides is 1. The molecule has 7 nitrogen and oxygen atoms in total. The fraction of sp³-hybridized carbons (Fsp3) is 0.350. The Labute approximate surface area is 165 Å². The molecule has 0 aliphatic carbocycles. The van der Waals surface area contributed by atoms with Crippen LogP contribution in [0.1, 0.15) is 23.1 Å². The molecule has 1 aliphatic heterocycles. The Bertz CT molecular complexity index is 971. The van der Waals surface area contributed by atoms with Crippen LogP contribution in [-0.2, 0) is 34.2 Å². The van der Waals surface area contributed by atoms with Crippen LogP contribution >= 0.6 is 0 Å². The predicted molar refractivity (Wildman–Crippen MR) is 105 cm³/mol. The maximum absolute atomic E-state index is 12.6. The normalized spacial score (nSPS) is 13.8. The number of sulfonamides is 1. The molecule has 0 unspecified atom stereocenters. The van der Waals surface area contributed by atoms with E-state index in [1.807, 2.05) is 17.0 Å². The number of fused-ring (bicyclic) bond motifs is 1. The van der Waals surface area contributed by atoms with E-state index in [4.69, 9.17) is 14.6 Å². The van der Waals surface area contributed by atoms with Crippen molar-refractivity contribution in [3.8, 4) is 11.5 Å². The number of nitrogens with two attached hydrogens (primary N) is 1. The van der Waals surface area contributed by atoms with Crippen LogP contribution in [0.2, 0.25) is 0 Å². The van der Waals surface area contributed by atoms with Gasteiger partial charge in [-0.3, -0.25) is 4.79 Å². The molecule has 1 heterocycles. The Morgan fingerprint density at radius 3 is 2.25 bits per heavy atom. The Balaban J connectivity index is 1.63. The van der Waals surface area contributed by atoms with E-state index >= 15 is 0 Å². The zero-order valence-electron chi connectivity index (χ0n) is 16.0. The smallest absolute Gasteiger partial charge is 0.238 e. The molecule has 0 radical (unpaired) electrons. The number of primary sulfonamides is 1. The second-order valence-electron chi connectivity index (χ2n) is 6.73. The van der Waals surface area contributed by atoms with Crippen molar-refractivity contribution in [3.63, 3.8) is 0 Å². The molecule has 2 aromatic carbocycles. The molecule has 1 amide bonds. The summed E-state index contributed by atoms with van der Waals surface area (Å²) in [6, 6.07) is 10.2. The summed E-state index contributed by atoms with van der Waals surface area (Å²) in [5, 5.41) is 5.10.